The van der Waals surface area contributed by atoms with Gasteiger partial charge in [-0.2, -0.15) is 4.99 Å². The Kier molecular flexibility index (Phi) is 9.77. The third-order valence-electron chi connectivity index (χ3n) is 13.3. The number of hydrogen-bond donors (Lipinski definition) is 2. The van der Waals surface area contributed by atoms with Crippen LogP contribution >= 0.6 is 0 Å². The van der Waals surface area contributed by atoms with Crippen LogP contribution in [0.5, 0.6) is 0 Å². The predicted molar refractivity (Wildman–Crippen MR) is 217 cm³/mol. The summed E-state index contributed by atoms with van der Waals surface area (Å²) < 4.78 is 16.1. The number of likely N-dealkylation sites (tertiary alicyclic amines) is 2. The van der Waals surface area contributed by atoms with Crippen molar-refractivity contribution in [2.24, 2.45) is 40.5 Å². The molecule has 58 heavy (non-hydrogen) atoms. The minimum atomic E-state index is -0.706. The summed E-state index contributed by atoms with van der Waals surface area (Å²) in [4.78, 5) is 64.1. The lowest BCUT2D eigenvalue weighted by Gasteiger charge is -2.34. The highest BCUT2D eigenvalue weighted by Gasteiger charge is 2.62. The molecule has 2 aromatic carbocycles. The quantitative estimate of drug-likeness (QED) is 0.169. The van der Waals surface area contributed by atoms with Crippen molar-refractivity contribution >= 4 is 24.3 Å². The standard InChI is InChI=1S/C45H53N7O6/c1-24-31-19-36(51(38(24)31)42(53)33(21-48-43(54)56-6)28-15-17-57-18-16-28)40-46-22-34(49-40)29-11-7-26(8-12-29)27-9-13-30(14-10-27)35-23-47-41(50-35)37-20-32-25(2)39(32)52(37)44(55)58-45(3,4)5/h7-14,21-25,28,31-33,36-39H,15-20H2,1-6H3,(H,46,49)(H,47,50)/b48-21-/t24?,25-,31+,32+,33?,36+,37+,38-,39-/m1/s1. The van der Waals surface area contributed by atoms with Gasteiger partial charge >= 0.3 is 12.2 Å². The van der Waals surface area contributed by atoms with Gasteiger partial charge in [0.05, 0.1) is 48.9 Å². The number of aromatic amines is 2. The Balaban J connectivity index is 0.878. The fourth-order valence-corrected chi connectivity index (χ4v) is 10.00. The van der Waals surface area contributed by atoms with Crippen molar-refractivity contribution in [3.05, 3.63) is 72.6 Å². The van der Waals surface area contributed by atoms with Gasteiger partial charge in [0, 0.05) is 31.5 Å². The molecule has 9 atom stereocenters. The summed E-state index contributed by atoms with van der Waals surface area (Å²) in [6, 6.07) is 16.9. The average Bonchev–Trinajstić information content (AvgIpc) is 3.71. The summed E-state index contributed by atoms with van der Waals surface area (Å²) in [7, 11) is 1.29. The lowest BCUT2D eigenvalue weighted by Crippen LogP contribution is -2.43. The number of carbonyl (C=O) groups is 3. The number of amides is 3. The molecule has 2 unspecified atom stereocenters. The number of aromatic nitrogens is 4. The molecular weight excluding hydrogens is 735 g/mol. The molecule has 0 radical (unpaired) electrons. The van der Waals surface area contributed by atoms with E-state index in [1.54, 1.807) is 0 Å². The van der Waals surface area contributed by atoms with Crippen LogP contribution in [0.3, 0.4) is 0 Å². The van der Waals surface area contributed by atoms with Crippen LogP contribution in [0.1, 0.15) is 84.0 Å². The number of methoxy groups -OCH3 is 1. The number of nitrogens with one attached hydrogen (secondary N) is 2. The van der Waals surface area contributed by atoms with Gasteiger partial charge in [0.2, 0.25) is 5.91 Å². The van der Waals surface area contributed by atoms with Crippen molar-refractivity contribution in [1.29, 1.82) is 0 Å². The van der Waals surface area contributed by atoms with Gasteiger partial charge in [-0.1, -0.05) is 62.4 Å². The lowest BCUT2D eigenvalue weighted by atomic mass is 9.85. The second-order valence-corrected chi connectivity index (χ2v) is 17.9. The SMILES string of the molecule is COC(=O)/N=C\C(C(=O)N1[C@@H]2C(C)[C@@H]2C[C@H]1c1ncc(-c2ccc(-c3ccc(-c4cnc([C@@H]5C[C@H]6[C@@H](C)[C@H]6N5C(=O)OC(C)(C)C)[nH]4)cc3)cc2)[nH]1)C1CCOCC1. The number of ether oxygens (including phenoxy) is 3. The fraction of sp³-hybridized carbons (Fsp3) is 0.511. The largest absolute Gasteiger partial charge is 0.451 e. The summed E-state index contributed by atoms with van der Waals surface area (Å²) in [6.45, 7) is 11.3. The summed E-state index contributed by atoms with van der Waals surface area (Å²) in [6.07, 6.45) is 7.44. The van der Waals surface area contributed by atoms with E-state index in [1.807, 2.05) is 43.0 Å². The van der Waals surface area contributed by atoms with Gasteiger partial charge in [-0.3, -0.25) is 9.69 Å². The van der Waals surface area contributed by atoms with Crippen LogP contribution in [0.2, 0.25) is 0 Å². The van der Waals surface area contributed by atoms with E-state index in [4.69, 9.17) is 24.2 Å². The molecule has 2 saturated carbocycles. The van der Waals surface area contributed by atoms with Gasteiger partial charge in [-0.15, -0.1) is 0 Å². The van der Waals surface area contributed by atoms with Gasteiger partial charge in [-0.25, -0.2) is 19.6 Å². The van der Waals surface area contributed by atoms with Crippen molar-refractivity contribution in [2.75, 3.05) is 20.3 Å². The Morgan fingerprint density at radius 3 is 1.78 bits per heavy atom. The molecule has 4 aromatic rings. The Morgan fingerprint density at radius 2 is 1.28 bits per heavy atom. The number of nitrogens with zero attached hydrogens (tertiary/aromatic N) is 5. The molecule has 2 aromatic heterocycles. The lowest BCUT2D eigenvalue weighted by molar-refractivity contribution is -0.138. The van der Waals surface area contributed by atoms with E-state index in [-0.39, 0.29) is 42.1 Å². The Hall–Kier alpha value is -5.30. The molecule has 3 amide bonds. The number of piperidine rings is 2. The molecular formula is C45H53N7O6. The third kappa shape index (κ3) is 7.11. The van der Waals surface area contributed by atoms with E-state index in [0.29, 0.717) is 36.9 Å². The van der Waals surface area contributed by atoms with E-state index >= 15 is 0 Å². The smallest absolute Gasteiger partial charge is 0.432 e. The van der Waals surface area contributed by atoms with Gasteiger partial charge in [0.15, 0.2) is 0 Å². The summed E-state index contributed by atoms with van der Waals surface area (Å²) in [5, 5.41) is 0. The number of carbonyl (C=O) groups excluding carboxylic acids is 3. The maximum Gasteiger partial charge on any atom is 0.432 e. The minimum absolute atomic E-state index is 0.00711. The van der Waals surface area contributed by atoms with Crippen LogP contribution in [0.15, 0.2) is 65.9 Å². The molecule has 2 N–H and O–H groups in total. The third-order valence-corrected chi connectivity index (χ3v) is 13.3. The van der Waals surface area contributed by atoms with Crippen LogP contribution in [0, 0.1) is 35.5 Å². The number of H-pyrrole nitrogens is 2. The Morgan fingerprint density at radius 1 is 0.793 bits per heavy atom. The van der Waals surface area contributed by atoms with Crippen molar-refractivity contribution in [3.63, 3.8) is 0 Å². The number of fused-ring (bicyclic) bond motifs is 2. The Bertz CT molecular complexity index is 2200. The van der Waals surface area contributed by atoms with E-state index in [2.05, 4.69) is 77.3 Å². The van der Waals surface area contributed by atoms with E-state index in [0.717, 1.165) is 71.0 Å². The minimum Gasteiger partial charge on any atom is -0.451 e. The molecule has 0 bridgehead atoms. The van der Waals surface area contributed by atoms with Gasteiger partial charge in [-0.05, 0) is 98.3 Å². The number of hydrogen-bond acceptors (Lipinski definition) is 8. The molecule has 304 valence electrons. The number of benzene rings is 2. The number of imidazole rings is 2. The molecule has 5 aliphatic rings. The van der Waals surface area contributed by atoms with E-state index < -0.39 is 17.6 Å². The van der Waals surface area contributed by atoms with Gasteiger partial charge in [0.25, 0.3) is 0 Å². The zero-order valence-electron chi connectivity index (χ0n) is 34.1. The highest BCUT2D eigenvalue weighted by atomic mass is 16.6. The topological polar surface area (TPSA) is 155 Å². The summed E-state index contributed by atoms with van der Waals surface area (Å²) >= 11 is 0. The van der Waals surface area contributed by atoms with Crippen LogP contribution in [-0.4, -0.2) is 92.1 Å². The Labute approximate surface area is 339 Å². The second-order valence-electron chi connectivity index (χ2n) is 17.9. The monoisotopic (exact) mass is 787 g/mol. The molecule has 5 heterocycles. The maximum atomic E-state index is 14.4. The van der Waals surface area contributed by atoms with E-state index in [1.165, 1.54) is 13.3 Å². The average molecular weight is 788 g/mol. The predicted octanol–water partition coefficient (Wildman–Crippen LogP) is 8.24. The summed E-state index contributed by atoms with van der Waals surface area (Å²) in [5.74, 6) is 2.88. The molecule has 13 nitrogen and oxygen atoms in total. The molecule has 3 aliphatic heterocycles. The van der Waals surface area contributed by atoms with Crippen molar-refractivity contribution in [2.45, 2.75) is 90.1 Å². The zero-order chi connectivity index (χ0) is 40.5. The van der Waals surface area contributed by atoms with Crippen molar-refractivity contribution in [1.82, 2.24) is 29.7 Å². The molecule has 2 aliphatic carbocycles. The number of aliphatic imine (C=N–C) groups is 1. The molecule has 5 fully saturated rings. The molecule has 13 heteroatoms. The van der Waals surface area contributed by atoms with E-state index in [9.17, 15) is 14.4 Å². The first-order chi connectivity index (χ1) is 27.9. The number of rotatable bonds is 8. The first kappa shape index (κ1) is 38.2. The van der Waals surface area contributed by atoms with Crippen LogP contribution in [0.25, 0.3) is 33.6 Å². The molecule has 0 spiro atoms. The van der Waals surface area contributed by atoms with Crippen molar-refractivity contribution < 1.29 is 28.6 Å². The van der Waals surface area contributed by atoms with Crippen LogP contribution in [-0.2, 0) is 19.0 Å². The fourth-order valence-electron chi connectivity index (χ4n) is 10.00. The van der Waals surface area contributed by atoms with Gasteiger partial charge < -0.3 is 29.1 Å². The normalized spacial score (nSPS) is 28.3. The zero-order valence-corrected chi connectivity index (χ0v) is 34.1. The first-order valence-electron chi connectivity index (χ1n) is 20.7. The summed E-state index contributed by atoms with van der Waals surface area (Å²) in [5.41, 5.74) is 5.44. The maximum absolute atomic E-state index is 14.4. The highest BCUT2D eigenvalue weighted by molar-refractivity contribution is 5.97. The molecule has 3 saturated heterocycles. The highest BCUT2D eigenvalue weighted by Crippen LogP contribution is 2.59. The first-order valence-corrected chi connectivity index (χ1v) is 20.7. The van der Waals surface area contributed by atoms with Crippen LogP contribution < -0.4 is 0 Å². The van der Waals surface area contributed by atoms with Gasteiger partial charge in [0.1, 0.15) is 17.2 Å². The van der Waals surface area contributed by atoms with Crippen LogP contribution in [0.4, 0.5) is 9.59 Å². The molecule has 9 rings (SSSR count). The second kappa shape index (κ2) is 14.8. The van der Waals surface area contributed by atoms with Crippen molar-refractivity contribution in [3.8, 4) is 33.6 Å².